The average molecular weight is 422 g/mol. The molecule has 2 fully saturated rings. The maximum Gasteiger partial charge on any atom is 0.257 e. The van der Waals surface area contributed by atoms with Crippen molar-refractivity contribution in [3.63, 3.8) is 0 Å². The number of hydrogen-bond donors (Lipinski definition) is 3. The van der Waals surface area contributed by atoms with Crippen LogP contribution in [0.1, 0.15) is 46.0 Å². The molecule has 7 nitrogen and oxygen atoms in total. The predicted molar refractivity (Wildman–Crippen MR) is 125 cm³/mol. The number of nitrogens with zero attached hydrogens (tertiary/aromatic N) is 2. The fourth-order valence-corrected chi connectivity index (χ4v) is 3.92. The number of nitrogens with two attached hydrogens (primary N) is 1. The summed E-state index contributed by atoms with van der Waals surface area (Å²) >= 11 is 0. The Hall–Kier alpha value is -3.06. The number of carbonyl (C=O) groups excluding carboxylic acids is 2. The summed E-state index contributed by atoms with van der Waals surface area (Å²) in [5.41, 5.74) is 9.96. The summed E-state index contributed by atoms with van der Waals surface area (Å²) in [6, 6.07) is 11.7. The van der Waals surface area contributed by atoms with E-state index in [1.54, 1.807) is 18.2 Å². The summed E-state index contributed by atoms with van der Waals surface area (Å²) in [6.07, 6.45) is 2.06. The standard InChI is InChI=1S/C24H31N5O2/c1-15-14-29(12-11-28(15)3)18-9-10-21(25)20(13-18)24(31)27-22-6-4-5-19(16(22)2)23(30)26-17-7-8-17/h4-6,9-10,13,15,17H,7-8,11-12,14,25H2,1-3H3,(H,26,30)(H,27,31)/t15-/m0/s1. The lowest BCUT2D eigenvalue weighted by Gasteiger charge is -2.39. The van der Waals surface area contributed by atoms with Gasteiger partial charge in [-0.15, -0.1) is 0 Å². The molecule has 0 spiro atoms. The third-order valence-electron chi connectivity index (χ3n) is 6.35. The van der Waals surface area contributed by atoms with Crippen LogP contribution in [0.2, 0.25) is 0 Å². The van der Waals surface area contributed by atoms with Crippen LogP contribution >= 0.6 is 0 Å². The van der Waals surface area contributed by atoms with Crippen LogP contribution in [0.3, 0.4) is 0 Å². The van der Waals surface area contributed by atoms with Crippen LogP contribution in [-0.2, 0) is 0 Å². The largest absolute Gasteiger partial charge is 0.398 e. The van der Waals surface area contributed by atoms with Gasteiger partial charge in [-0.05, 0) is 69.6 Å². The molecule has 1 aliphatic carbocycles. The van der Waals surface area contributed by atoms with Crippen molar-refractivity contribution < 1.29 is 9.59 Å². The summed E-state index contributed by atoms with van der Waals surface area (Å²) in [4.78, 5) is 30.2. The van der Waals surface area contributed by atoms with Gasteiger partial charge in [0.1, 0.15) is 0 Å². The topological polar surface area (TPSA) is 90.7 Å². The minimum absolute atomic E-state index is 0.0956. The van der Waals surface area contributed by atoms with Crippen molar-refractivity contribution in [2.24, 2.45) is 0 Å². The summed E-state index contributed by atoms with van der Waals surface area (Å²) in [5.74, 6) is -0.369. The van der Waals surface area contributed by atoms with Crippen LogP contribution in [0.15, 0.2) is 36.4 Å². The molecule has 2 aromatic carbocycles. The number of anilines is 3. The first-order chi connectivity index (χ1) is 14.8. The molecule has 1 atom stereocenters. The molecule has 4 N–H and O–H groups in total. The molecule has 4 rings (SSSR count). The van der Waals surface area contributed by atoms with Gasteiger partial charge in [0.2, 0.25) is 0 Å². The van der Waals surface area contributed by atoms with Crippen LogP contribution in [0.25, 0.3) is 0 Å². The monoisotopic (exact) mass is 421 g/mol. The van der Waals surface area contributed by atoms with Gasteiger partial charge >= 0.3 is 0 Å². The number of piperazine rings is 1. The second kappa shape index (κ2) is 8.59. The van der Waals surface area contributed by atoms with Crippen LogP contribution in [-0.4, -0.2) is 55.5 Å². The summed E-state index contributed by atoms with van der Waals surface area (Å²) < 4.78 is 0. The maximum atomic E-state index is 13.1. The van der Waals surface area contributed by atoms with Crippen molar-refractivity contribution in [2.45, 2.75) is 38.8 Å². The highest BCUT2D eigenvalue weighted by Crippen LogP contribution is 2.26. The SMILES string of the molecule is Cc1c(NC(=O)c2cc(N3CCN(C)[C@@H](C)C3)ccc2N)cccc1C(=O)NC1CC1. The van der Waals surface area contributed by atoms with Gasteiger partial charge in [0.25, 0.3) is 11.8 Å². The number of hydrogen-bond acceptors (Lipinski definition) is 5. The Bertz CT molecular complexity index is 1000. The highest BCUT2D eigenvalue weighted by atomic mass is 16.2. The van der Waals surface area contributed by atoms with Crippen LogP contribution < -0.4 is 21.3 Å². The lowest BCUT2D eigenvalue weighted by atomic mass is 10.0. The quantitative estimate of drug-likeness (QED) is 0.646. The molecule has 0 bridgehead atoms. The fourth-order valence-electron chi connectivity index (χ4n) is 3.92. The van der Waals surface area contributed by atoms with Gasteiger partial charge in [0.15, 0.2) is 0 Å². The van der Waals surface area contributed by atoms with Gasteiger partial charge in [-0.3, -0.25) is 9.59 Å². The molecule has 2 aliphatic rings. The van der Waals surface area contributed by atoms with Crippen molar-refractivity contribution in [3.8, 4) is 0 Å². The first-order valence-electron chi connectivity index (χ1n) is 10.9. The third kappa shape index (κ3) is 4.66. The van der Waals surface area contributed by atoms with Gasteiger partial charge in [0, 0.05) is 54.3 Å². The fraction of sp³-hybridized carbons (Fsp3) is 0.417. The number of rotatable bonds is 5. The number of nitrogens with one attached hydrogen (secondary N) is 2. The van der Waals surface area contributed by atoms with Gasteiger partial charge in [-0.1, -0.05) is 6.07 Å². The van der Waals surface area contributed by atoms with E-state index in [1.165, 1.54) is 0 Å². The molecule has 2 amide bonds. The van der Waals surface area contributed by atoms with Crippen LogP contribution in [0.4, 0.5) is 17.1 Å². The average Bonchev–Trinajstić information content (AvgIpc) is 3.56. The number of nitrogen functional groups attached to an aromatic ring is 1. The van der Waals surface area contributed by atoms with E-state index in [0.29, 0.717) is 28.5 Å². The molecule has 1 saturated heterocycles. The van der Waals surface area contributed by atoms with E-state index in [2.05, 4.69) is 34.4 Å². The Morgan fingerprint density at radius 2 is 1.84 bits per heavy atom. The van der Waals surface area contributed by atoms with E-state index >= 15 is 0 Å². The first-order valence-corrected chi connectivity index (χ1v) is 10.9. The molecule has 0 aromatic heterocycles. The molecule has 7 heteroatoms. The molecule has 1 heterocycles. The molecule has 1 aliphatic heterocycles. The Kier molecular flexibility index (Phi) is 5.87. The van der Waals surface area contributed by atoms with E-state index in [0.717, 1.165) is 43.7 Å². The molecule has 0 radical (unpaired) electrons. The van der Waals surface area contributed by atoms with Gasteiger partial charge in [-0.25, -0.2) is 0 Å². The number of carbonyl (C=O) groups is 2. The lowest BCUT2D eigenvalue weighted by Crippen LogP contribution is -2.50. The van der Waals surface area contributed by atoms with Gasteiger partial charge < -0.3 is 26.2 Å². The number of amides is 2. The molecule has 31 heavy (non-hydrogen) atoms. The van der Waals surface area contributed by atoms with Gasteiger partial charge in [0.05, 0.1) is 5.56 Å². The normalized spacial score (nSPS) is 19.2. The Morgan fingerprint density at radius 1 is 1.06 bits per heavy atom. The Labute approximate surface area is 183 Å². The maximum absolute atomic E-state index is 13.1. The van der Waals surface area contributed by atoms with E-state index in [4.69, 9.17) is 5.73 Å². The van der Waals surface area contributed by atoms with E-state index in [-0.39, 0.29) is 17.9 Å². The van der Waals surface area contributed by atoms with E-state index < -0.39 is 0 Å². The molecule has 1 saturated carbocycles. The highest BCUT2D eigenvalue weighted by Gasteiger charge is 2.25. The minimum Gasteiger partial charge on any atom is -0.398 e. The zero-order chi connectivity index (χ0) is 22.1. The molecule has 164 valence electrons. The number of benzene rings is 2. The van der Waals surface area contributed by atoms with Crippen molar-refractivity contribution in [1.29, 1.82) is 0 Å². The first kappa shape index (κ1) is 21.2. The summed E-state index contributed by atoms with van der Waals surface area (Å²) in [6.45, 7) is 6.83. The molecular formula is C24H31N5O2. The summed E-state index contributed by atoms with van der Waals surface area (Å²) in [7, 11) is 2.13. The Balaban J connectivity index is 1.53. The van der Waals surface area contributed by atoms with Crippen LogP contribution in [0.5, 0.6) is 0 Å². The zero-order valence-electron chi connectivity index (χ0n) is 18.4. The van der Waals surface area contributed by atoms with Crippen molar-refractivity contribution >= 4 is 28.9 Å². The van der Waals surface area contributed by atoms with Crippen molar-refractivity contribution in [1.82, 2.24) is 10.2 Å². The molecule has 0 unspecified atom stereocenters. The second-order valence-corrected chi connectivity index (χ2v) is 8.73. The lowest BCUT2D eigenvalue weighted by molar-refractivity contribution is 0.0949. The zero-order valence-corrected chi connectivity index (χ0v) is 18.4. The predicted octanol–water partition coefficient (Wildman–Crippen LogP) is 2.86. The second-order valence-electron chi connectivity index (χ2n) is 8.73. The van der Waals surface area contributed by atoms with Crippen molar-refractivity contribution in [2.75, 3.05) is 42.6 Å². The summed E-state index contributed by atoms with van der Waals surface area (Å²) in [5, 5.41) is 5.95. The minimum atomic E-state index is -0.274. The number of likely N-dealkylation sites (N-methyl/N-ethyl adjacent to an activating group) is 1. The van der Waals surface area contributed by atoms with Crippen molar-refractivity contribution in [3.05, 3.63) is 53.1 Å². The third-order valence-corrected chi connectivity index (χ3v) is 6.35. The molecular weight excluding hydrogens is 390 g/mol. The Morgan fingerprint density at radius 3 is 2.55 bits per heavy atom. The van der Waals surface area contributed by atoms with E-state index in [9.17, 15) is 9.59 Å². The van der Waals surface area contributed by atoms with E-state index in [1.807, 2.05) is 25.1 Å². The highest BCUT2D eigenvalue weighted by molar-refractivity contribution is 6.09. The van der Waals surface area contributed by atoms with Crippen LogP contribution in [0, 0.1) is 6.92 Å². The molecule has 2 aromatic rings. The smallest absolute Gasteiger partial charge is 0.257 e. The van der Waals surface area contributed by atoms with Gasteiger partial charge in [-0.2, -0.15) is 0 Å².